The fourth-order valence-corrected chi connectivity index (χ4v) is 0.973. The first kappa shape index (κ1) is 9.86. The van der Waals surface area contributed by atoms with E-state index in [4.69, 9.17) is 10.8 Å². The number of aromatic hydroxyl groups is 1. The second kappa shape index (κ2) is 4.72. The van der Waals surface area contributed by atoms with E-state index in [9.17, 15) is 0 Å². The van der Waals surface area contributed by atoms with Crippen LogP contribution in [0.1, 0.15) is 13.3 Å². The van der Waals surface area contributed by atoms with E-state index in [0.29, 0.717) is 0 Å². The number of nitrogens with two attached hydrogens (primary N) is 1. The van der Waals surface area contributed by atoms with Crippen LogP contribution < -0.4 is 11.1 Å². The molecule has 0 saturated carbocycles. The highest BCUT2D eigenvalue weighted by Crippen LogP contribution is 2.13. The molecule has 0 spiro atoms. The first-order valence-electron chi connectivity index (χ1n) is 4.51. The van der Waals surface area contributed by atoms with Crippen molar-refractivity contribution >= 4 is 5.69 Å². The topological polar surface area (TPSA) is 58.3 Å². The van der Waals surface area contributed by atoms with Gasteiger partial charge in [0.2, 0.25) is 0 Å². The molecule has 3 heteroatoms. The van der Waals surface area contributed by atoms with Crippen LogP contribution in [0.3, 0.4) is 0 Å². The van der Waals surface area contributed by atoms with Crippen molar-refractivity contribution in [3.63, 3.8) is 0 Å². The van der Waals surface area contributed by atoms with Crippen molar-refractivity contribution in [3.8, 4) is 5.75 Å². The number of nitrogens with one attached hydrogen (secondary N) is 1. The highest BCUT2D eigenvalue weighted by molar-refractivity contribution is 5.45. The minimum atomic E-state index is 0.189. The molecule has 0 radical (unpaired) electrons. The zero-order valence-electron chi connectivity index (χ0n) is 7.83. The third-order valence-electron chi connectivity index (χ3n) is 1.96. The Morgan fingerprint density at radius 2 is 2.00 bits per heavy atom. The smallest absolute Gasteiger partial charge is 0.115 e. The van der Waals surface area contributed by atoms with Gasteiger partial charge in [0.15, 0.2) is 0 Å². The van der Waals surface area contributed by atoms with E-state index in [1.165, 1.54) is 0 Å². The van der Waals surface area contributed by atoms with Crippen molar-refractivity contribution in [1.82, 2.24) is 0 Å². The Balaban J connectivity index is 2.41. The molecule has 0 bridgehead atoms. The van der Waals surface area contributed by atoms with Gasteiger partial charge >= 0.3 is 0 Å². The highest BCUT2D eigenvalue weighted by Gasteiger charge is 1.97. The molecular weight excluding hydrogens is 164 g/mol. The van der Waals surface area contributed by atoms with E-state index in [0.717, 1.165) is 18.7 Å². The van der Waals surface area contributed by atoms with E-state index < -0.39 is 0 Å². The molecule has 4 N–H and O–H groups in total. The second-order valence-corrected chi connectivity index (χ2v) is 3.10. The van der Waals surface area contributed by atoms with Crippen molar-refractivity contribution in [3.05, 3.63) is 24.3 Å². The molecular formula is C10H16N2O. The molecule has 0 aromatic heterocycles. The first-order valence-corrected chi connectivity index (χ1v) is 4.51. The molecule has 0 aliphatic carbocycles. The summed E-state index contributed by atoms with van der Waals surface area (Å²) in [6.45, 7) is 2.82. The van der Waals surface area contributed by atoms with Gasteiger partial charge < -0.3 is 16.2 Å². The largest absolute Gasteiger partial charge is 0.508 e. The van der Waals surface area contributed by atoms with Gasteiger partial charge in [-0.2, -0.15) is 0 Å². The zero-order chi connectivity index (χ0) is 9.68. The van der Waals surface area contributed by atoms with Gasteiger partial charge in [0.25, 0.3) is 0 Å². The van der Waals surface area contributed by atoms with E-state index in [1.807, 2.05) is 12.1 Å². The van der Waals surface area contributed by atoms with Gasteiger partial charge in [-0.1, -0.05) is 6.92 Å². The van der Waals surface area contributed by atoms with Crippen LogP contribution in [-0.2, 0) is 0 Å². The molecule has 13 heavy (non-hydrogen) atoms. The van der Waals surface area contributed by atoms with Gasteiger partial charge in [-0.05, 0) is 30.7 Å². The summed E-state index contributed by atoms with van der Waals surface area (Å²) in [6, 6.07) is 7.16. The average molecular weight is 180 g/mol. The summed E-state index contributed by atoms with van der Waals surface area (Å²) in [4.78, 5) is 0. The van der Waals surface area contributed by atoms with Crippen molar-refractivity contribution in [1.29, 1.82) is 0 Å². The summed E-state index contributed by atoms with van der Waals surface area (Å²) < 4.78 is 0. The van der Waals surface area contributed by atoms with Crippen LogP contribution >= 0.6 is 0 Å². The van der Waals surface area contributed by atoms with Gasteiger partial charge in [0.05, 0.1) is 0 Å². The predicted molar refractivity (Wildman–Crippen MR) is 54.9 cm³/mol. The maximum atomic E-state index is 9.03. The van der Waals surface area contributed by atoms with Gasteiger partial charge in [-0.15, -0.1) is 0 Å². The zero-order valence-corrected chi connectivity index (χ0v) is 7.83. The molecule has 0 amide bonds. The van der Waals surface area contributed by atoms with Gasteiger partial charge in [0.1, 0.15) is 5.75 Å². The molecule has 1 aromatic carbocycles. The fraction of sp³-hybridized carbons (Fsp3) is 0.400. The summed E-state index contributed by atoms with van der Waals surface area (Å²) in [5.74, 6) is 0.283. The van der Waals surface area contributed by atoms with Crippen LogP contribution in [0.2, 0.25) is 0 Å². The molecule has 1 unspecified atom stereocenters. The first-order chi connectivity index (χ1) is 6.22. The van der Waals surface area contributed by atoms with Crippen LogP contribution in [0.15, 0.2) is 24.3 Å². The summed E-state index contributed by atoms with van der Waals surface area (Å²) in [5, 5.41) is 12.2. The lowest BCUT2D eigenvalue weighted by Crippen LogP contribution is -2.27. The second-order valence-electron chi connectivity index (χ2n) is 3.10. The lowest BCUT2D eigenvalue weighted by Gasteiger charge is -2.11. The average Bonchev–Trinajstić information content (AvgIpc) is 2.16. The number of benzene rings is 1. The maximum absolute atomic E-state index is 9.03. The van der Waals surface area contributed by atoms with E-state index >= 15 is 0 Å². The third kappa shape index (κ3) is 3.34. The van der Waals surface area contributed by atoms with Crippen molar-refractivity contribution < 1.29 is 5.11 Å². The molecule has 3 nitrogen and oxygen atoms in total. The number of anilines is 1. The summed E-state index contributed by atoms with van der Waals surface area (Å²) in [6.07, 6.45) is 0.963. The van der Waals surface area contributed by atoms with E-state index in [2.05, 4.69) is 12.2 Å². The fourth-order valence-electron chi connectivity index (χ4n) is 0.973. The van der Waals surface area contributed by atoms with Crippen molar-refractivity contribution in [2.45, 2.75) is 19.4 Å². The van der Waals surface area contributed by atoms with Crippen molar-refractivity contribution in [2.75, 3.05) is 11.9 Å². The standard InChI is InChI=1S/C10H16N2O/c1-2-8(11)7-12-9-3-5-10(13)6-4-9/h3-6,8,12-13H,2,7,11H2,1H3. The molecule has 0 aliphatic heterocycles. The molecule has 0 aliphatic rings. The van der Waals surface area contributed by atoms with E-state index in [-0.39, 0.29) is 11.8 Å². The summed E-state index contributed by atoms with van der Waals surface area (Å²) >= 11 is 0. The van der Waals surface area contributed by atoms with Gasteiger partial charge in [-0.3, -0.25) is 0 Å². The number of phenols is 1. The predicted octanol–water partition coefficient (Wildman–Crippen LogP) is 1.54. The Kier molecular flexibility index (Phi) is 3.58. The minimum absolute atomic E-state index is 0.189. The van der Waals surface area contributed by atoms with Crippen LogP contribution in [-0.4, -0.2) is 17.7 Å². The Hall–Kier alpha value is -1.22. The number of hydrogen-bond donors (Lipinski definition) is 3. The number of rotatable bonds is 4. The van der Waals surface area contributed by atoms with Gasteiger partial charge in [0, 0.05) is 18.3 Å². The lowest BCUT2D eigenvalue weighted by molar-refractivity contribution is 0.475. The highest BCUT2D eigenvalue weighted by atomic mass is 16.3. The van der Waals surface area contributed by atoms with Crippen LogP contribution in [0.4, 0.5) is 5.69 Å². The Morgan fingerprint density at radius 1 is 1.38 bits per heavy atom. The summed E-state index contributed by atoms with van der Waals surface area (Å²) in [5.41, 5.74) is 6.73. The molecule has 0 saturated heterocycles. The van der Waals surface area contributed by atoms with Crippen LogP contribution in [0.25, 0.3) is 0 Å². The normalized spacial score (nSPS) is 12.5. The van der Waals surface area contributed by atoms with Crippen LogP contribution in [0.5, 0.6) is 5.75 Å². The Labute approximate surface area is 78.6 Å². The van der Waals surface area contributed by atoms with Gasteiger partial charge in [-0.25, -0.2) is 0 Å². The molecule has 72 valence electrons. The maximum Gasteiger partial charge on any atom is 0.115 e. The third-order valence-corrected chi connectivity index (χ3v) is 1.96. The van der Waals surface area contributed by atoms with Crippen LogP contribution in [0, 0.1) is 0 Å². The lowest BCUT2D eigenvalue weighted by atomic mass is 10.2. The van der Waals surface area contributed by atoms with E-state index in [1.54, 1.807) is 12.1 Å². The Bertz CT molecular complexity index is 246. The molecule has 1 rings (SSSR count). The molecule has 0 fully saturated rings. The SMILES string of the molecule is CCC(N)CNc1ccc(O)cc1. The monoisotopic (exact) mass is 180 g/mol. The molecule has 1 aromatic rings. The Morgan fingerprint density at radius 3 is 2.54 bits per heavy atom. The number of hydrogen-bond acceptors (Lipinski definition) is 3. The molecule has 0 heterocycles. The summed E-state index contributed by atoms with van der Waals surface area (Å²) in [7, 11) is 0. The van der Waals surface area contributed by atoms with Crippen molar-refractivity contribution in [2.24, 2.45) is 5.73 Å². The minimum Gasteiger partial charge on any atom is -0.508 e. The molecule has 1 atom stereocenters. The number of phenolic OH excluding ortho intramolecular Hbond substituents is 1. The quantitative estimate of drug-likeness (QED) is 0.616.